The lowest BCUT2D eigenvalue weighted by atomic mass is 9.98. The van der Waals surface area contributed by atoms with E-state index in [0.717, 1.165) is 28.5 Å². The molecule has 1 amide bonds. The van der Waals surface area contributed by atoms with E-state index >= 15 is 0 Å². The van der Waals surface area contributed by atoms with Crippen molar-refractivity contribution in [3.05, 3.63) is 83.2 Å². The molecule has 0 bridgehead atoms. The van der Waals surface area contributed by atoms with Gasteiger partial charge >= 0.3 is 12.3 Å². The standard InChI is InChI=1S/C23H19F3N4O2/c24-23(25,26)20-14(12-29-21(27)30-20)6-5-11-28-22(31)32-13-19-17-9-3-1-7-15(17)16-8-2-4-10-18(16)19/h1-10,12,19H,11,13H2,(H,28,31)(H2,27,29,30). The van der Waals surface area contributed by atoms with Crippen LogP contribution in [-0.2, 0) is 10.9 Å². The summed E-state index contributed by atoms with van der Waals surface area (Å²) in [4.78, 5) is 18.9. The van der Waals surface area contributed by atoms with Gasteiger partial charge in [-0.2, -0.15) is 13.2 Å². The lowest BCUT2D eigenvalue weighted by Gasteiger charge is -2.14. The molecule has 3 aromatic rings. The Bertz CT molecular complexity index is 1130. The number of aromatic nitrogens is 2. The quantitative estimate of drug-likeness (QED) is 0.604. The minimum absolute atomic E-state index is 0.0294. The van der Waals surface area contributed by atoms with Gasteiger partial charge in [0.1, 0.15) is 6.61 Å². The van der Waals surface area contributed by atoms with E-state index in [4.69, 9.17) is 10.5 Å². The monoisotopic (exact) mass is 440 g/mol. The molecule has 1 aromatic heterocycles. The summed E-state index contributed by atoms with van der Waals surface area (Å²) in [6.45, 7) is 0.117. The number of halogens is 3. The molecule has 1 aliphatic rings. The van der Waals surface area contributed by atoms with E-state index in [2.05, 4.69) is 15.3 Å². The van der Waals surface area contributed by atoms with Crippen molar-refractivity contribution >= 4 is 18.1 Å². The molecule has 9 heteroatoms. The predicted octanol–water partition coefficient (Wildman–Crippen LogP) is 4.63. The number of hydrogen-bond acceptors (Lipinski definition) is 5. The average Bonchev–Trinajstić information content (AvgIpc) is 3.09. The SMILES string of the molecule is Nc1ncc(C=CCNC(=O)OCC2c3ccccc3-c3ccccc32)c(C(F)(F)F)n1. The largest absolute Gasteiger partial charge is 0.449 e. The Kier molecular flexibility index (Phi) is 5.81. The fraction of sp³-hybridized carbons (Fsp3) is 0.174. The lowest BCUT2D eigenvalue weighted by Crippen LogP contribution is -2.26. The number of nitrogens with two attached hydrogens (primary N) is 1. The van der Waals surface area contributed by atoms with E-state index in [-0.39, 0.29) is 24.6 Å². The fourth-order valence-corrected chi connectivity index (χ4v) is 3.73. The predicted molar refractivity (Wildman–Crippen MR) is 114 cm³/mol. The molecule has 0 saturated heterocycles. The number of anilines is 1. The van der Waals surface area contributed by atoms with Gasteiger partial charge in [-0.1, -0.05) is 60.7 Å². The molecule has 3 N–H and O–H groups in total. The van der Waals surface area contributed by atoms with Gasteiger partial charge in [-0.05, 0) is 22.3 Å². The van der Waals surface area contributed by atoms with Gasteiger partial charge in [0.05, 0.1) is 0 Å². The van der Waals surface area contributed by atoms with Gasteiger partial charge in [0, 0.05) is 24.2 Å². The number of alkyl halides is 3. The summed E-state index contributed by atoms with van der Waals surface area (Å²) in [5, 5.41) is 2.50. The summed E-state index contributed by atoms with van der Waals surface area (Å²) in [5.74, 6) is -0.545. The van der Waals surface area contributed by atoms with Crippen molar-refractivity contribution < 1.29 is 22.7 Å². The number of benzene rings is 2. The average molecular weight is 440 g/mol. The first-order valence-electron chi connectivity index (χ1n) is 9.79. The third kappa shape index (κ3) is 4.41. The van der Waals surface area contributed by atoms with Crippen LogP contribution in [0.5, 0.6) is 0 Å². The minimum Gasteiger partial charge on any atom is -0.449 e. The first kappa shape index (κ1) is 21.4. The highest BCUT2D eigenvalue weighted by atomic mass is 19.4. The first-order chi connectivity index (χ1) is 15.3. The van der Waals surface area contributed by atoms with Crippen molar-refractivity contribution in [1.29, 1.82) is 0 Å². The topological polar surface area (TPSA) is 90.1 Å². The van der Waals surface area contributed by atoms with Crippen LogP contribution >= 0.6 is 0 Å². The molecule has 32 heavy (non-hydrogen) atoms. The Hall–Kier alpha value is -3.88. The molecular weight excluding hydrogens is 421 g/mol. The Balaban J connectivity index is 1.35. The van der Waals surface area contributed by atoms with Gasteiger partial charge in [0.25, 0.3) is 0 Å². The molecule has 0 spiro atoms. The van der Waals surface area contributed by atoms with Crippen molar-refractivity contribution in [2.75, 3.05) is 18.9 Å². The minimum atomic E-state index is -4.67. The van der Waals surface area contributed by atoms with Gasteiger partial charge in [-0.3, -0.25) is 0 Å². The van der Waals surface area contributed by atoms with Crippen LogP contribution in [0.4, 0.5) is 23.9 Å². The summed E-state index contributed by atoms with van der Waals surface area (Å²) in [6.07, 6.45) is -1.83. The number of amides is 1. The fourth-order valence-electron chi connectivity index (χ4n) is 3.73. The first-order valence-corrected chi connectivity index (χ1v) is 9.79. The third-order valence-electron chi connectivity index (χ3n) is 5.11. The van der Waals surface area contributed by atoms with Crippen LogP contribution < -0.4 is 11.1 Å². The summed E-state index contributed by atoms with van der Waals surface area (Å²) < 4.78 is 44.5. The molecule has 2 aromatic carbocycles. The third-order valence-corrected chi connectivity index (χ3v) is 5.11. The maximum atomic E-state index is 13.1. The highest BCUT2D eigenvalue weighted by Crippen LogP contribution is 2.44. The molecule has 1 heterocycles. The number of alkyl carbamates (subject to hydrolysis) is 1. The van der Waals surface area contributed by atoms with Crippen LogP contribution in [0.15, 0.2) is 60.8 Å². The van der Waals surface area contributed by atoms with E-state index in [9.17, 15) is 18.0 Å². The maximum absolute atomic E-state index is 13.1. The molecule has 0 fully saturated rings. The molecule has 0 unspecified atom stereocenters. The Morgan fingerprint density at radius 3 is 2.34 bits per heavy atom. The van der Waals surface area contributed by atoms with E-state index in [1.807, 2.05) is 48.5 Å². The summed E-state index contributed by atoms with van der Waals surface area (Å²) in [5.41, 5.74) is 8.27. The highest BCUT2D eigenvalue weighted by molar-refractivity contribution is 5.79. The number of carbonyl (C=O) groups excluding carboxylic acids is 1. The molecule has 0 atom stereocenters. The van der Waals surface area contributed by atoms with Crippen LogP contribution in [0.1, 0.15) is 28.3 Å². The van der Waals surface area contributed by atoms with Gasteiger partial charge in [-0.15, -0.1) is 0 Å². The van der Waals surface area contributed by atoms with Crippen LogP contribution in [0.2, 0.25) is 0 Å². The number of rotatable bonds is 5. The van der Waals surface area contributed by atoms with Crippen LogP contribution in [0.3, 0.4) is 0 Å². The summed E-state index contributed by atoms with van der Waals surface area (Å²) in [6, 6.07) is 15.9. The van der Waals surface area contributed by atoms with E-state index in [1.54, 1.807) is 0 Å². The number of nitrogens with zero attached hydrogens (tertiary/aromatic N) is 2. The van der Waals surface area contributed by atoms with Crippen LogP contribution in [0, 0.1) is 0 Å². The zero-order valence-electron chi connectivity index (χ0n) is 16.8. The van der Waals surface area contributed by atoms with Gasteiger partial charge in [0.15, 0.2) is 5.69 Å². The van der Waals surface area contributed by atoms with Gasteiger partial charge < -0.3 is 15.8 Å². The molecule has 0 saturated carbocycles. The van der Waals surface area contributed by atoms with Crippen molar-refractivity contribution in [3.63, 3.8) is 0 Å². The number of nitrogens with one attached hydrogen (secondary N) is 1. The molecule has 6 nitrogen and oxygen atoms in total. The Morgan fingerprint density at radius 2 is 1.72 bits per heavy atom. The Morgan fingerprint density at radius 1 is 1.09 bits per heavy atom. The van der Waals surface area contributed by atoms with Gasteiger partial charge in [0.2, 0.25) is 5.95 Å². The molecule has 4 rings (SSSR count). The Labute approximate surface area is 182 Å². The second kappa shape index (κ2) is 8.70. The van der Waals surface area contributed by atoms with Crippen molar-refractivity contribution in [2.45, 2.75) is 12.1 Å². The van der Waals surface area contributed by atoms with Crippen LogP contribution in [-0.4, -0.2) is 29.2 Å². The lowest BCUT2D eigenvalue weighted by molar-refractivity contribution is -0.141. The van der Waals surface area contributed by atoms with Crippen molar-refractivity contribution in [1.82, 2.24) is 15.3 Å². The molecular formula is C23H19F3N4O2. The second-order valence-corrected chi connectivity index (χ2v) is 7.14. The molecule has 0 radical (unpaired) electrons. The maximum Gasteiger partial charge on any atom is 0.434 e. The van der Waals surface area contributed by atoms with Crippen LogP contribution in [0.25, 0.3) is 17.2 Å². The molecule has 1 aliphatic carbocycles. The zero-order chi connectivity index (χ0) is 22.7. The van der Waals surface area contributed by atoms with Crippen molar-refractivity contribution in [2.24, 2.45) is 0 Å². The molecule has 0 aliphatic heterocycles. The van der Waals surface area contributed by atoms with E-state index in [1.165, 1.54) is 12.2 Å². The second-order valence-electron chi connectivity index (χ2n) is 7.14. The van der Waals surface area contributed by atoms with Crippen molar-refractivity contribution in [3.8, 4) is 11.1 Å². The van der Waals surface area contributed by atoms with Gasteiger partial charge in [-0.25, -0.2) is 14.8 Å². The van der Waals surface area contributed by atoms with E-state index in [0.29, 0.717) is 0 Å². The summed E-state index contributed by atoms with van der Waals surface area (Å²) >= 11 is 0. The normalized spacial score (nSPS) is 13.1. The smallest absolute Gasteiger partial charge is 0.434 e. The number of carbonyl (C=O) groups is 1. The summed E-state index contributed by atoms with van der Waals surface area (Å²) in [7, 11) is 0. The number of nitrogen functional groups attached to an aromatic ring is 1. The number of fused-ring (bicyclic) bond motifs is 3. The highest BCUT2D eigenvalue weighted by Gasteiger charge is 2.35. The zero-order valence-corrected chi connectivity index (χ0v) is 16.8. The number of ether oxygens (including phenoxy) is 1. The number of hydrogen-bond donors (Lipinski definition) is 2. The molecule has 164 valence electrons. The van der Waals surface area contributed by atoms with E-state index < -0.39 is 23.9 Å².